The van der Waals surface area contributed by atoms with Gasteiger partial charge in [0.25, 0.3) is 0 Å². The fraction of sp³-hybridized carbons (Fsp3) is 0.364. The van der Waals surface area contributed by atoms with Crippen molar-refractivity contribution in [2.24, 2.45) is 5.73 Å². The normalized spacial score (nSPS) is 15.4. The molecule has 0 aliphatic heterocycles. The van der Waals surface area contributed by atoms with Gasteiger partial charge in [0.1, 0.15) is 5.41 Å². The maximum absolute atomic E-state index is 12.5. The molecule has 1 unspecified atom stereocenters. The first-order valence-electron chi connectivity index (χ1n) is 4.83. The Morgan fingerprint density at radius 1 is 1.35 bits per heavy atom. The first kappa shape index (κ1) is 13.5. The molecular formula is C11H12F3NO2. The molecule has 6 heteroatoms. The minimum atomic E-state index is -4.50. The van der Waals surface area contributed by atoms with Crippen LogP contribution in [0.3, 0.4) is 0 Å². The van der Waals surface area contributed by atoms with Crippen molar-refractivity contribution in [1.29, 1.82) is 0 Å². The molecule has 1 aromatic rings. The van der Waals surface area contributed by atoms with E-state index in [4.69, 9.17) is 10.8 Å². The summed E-state index contributed by atoms with van der Waals surface area (Å²) in [4.78, 5) is 11.1. The predicted octanol–water partition coefficient (Wildman–Crippen LogP) is 2.01. The lowest BCUT2D eigenvalue weighted by atomic mass is 9.82. The van der Waals surface area contributed by atoms with Gasteiger partial charge in [-0.25, -0.2) is 0 Å². The zero-order valence-electron chi connectivity index (χ0n) is 9.08. The van der Waals surface area contributed by atoms with Crippen LogP contribution in [0, 0.1) is 0 Å². The Morgan fingerprint density at radius 2 is 1.88 bits per heavy atom. The Kier molecular flexibility index (Phi) is 3.47. The van der Waals surface area contributed by atoms with Gasteiger partial charge in [-0.15, -0.1) is 0 Å². The first-order valence-corrected chi connectivity index (χ1v) is 4.83. The number of carboxylic acids is 1. The number of hydrogen-bond donors (Lipinski definition) is 2. The van der Waals surface area contributed by atoms with E-state index in [0.29, 0.717) is 0 Å². The Bertz CT molecular complexity index is 431. The minimum absolute atomic E-state index is 0.0438. The molecule has 0 fully saturated rings. The van der Waals surface area contributed by atoms with E-state index in [0.717, 1.165) is 12.1 Å². The van der Waals surface area contributed by atoms with Crippen molar-refractivity contribution >= 4 is 5.97 Å². The van der Waals surface area contributed by atoms with Gasteiger partial charge in [0.15, 0.2) is 0 Å². The van der Waals surface area contributed by atoms with Crippen LogP contribution in [0.4, 0.5) is 13.2 Å². The summed E-state index contributed by atoms with van der Waals surface area (Å²) in [5.41, 5.74) is 2.99. The van der Waals surface area contributed by atoms with Crippen molar-refractivity contribution in [3.05, 3.63) is 35.4 Å². The predicted molar refractivity (Wildman–Crippen MR) is 55.5 cm³/mol. The van der Waals surface area contributed by atoms with E-state index in [1.807, 2.05) is 0 Å². The van der Waals surface area contributed by atoms with E-state index in [1.165, 1.54) is 19.1 Å². The molecule has 0 aromatic heterocycles. The highest BCUT2D eigenvalue weighted by atomic mass is 19.4. The van der Waals surface area contributed by atoms with E-state index in [-0.39, 0.29) is 12.1 Å². The lowest BCUT2D eigenvalue weighted by Gasteiger charge is -2.24. The Labute approximate surface area is 96.0 Å². The molecule has 0 heterocycles. The number of hydrogen-bond acceptors (Lipinski definition) is 2. The lowest BCUT2D eigenvalue weighted by molar-refractivity contribution is -0.143. The summed E-state index contributed by atoms with van der Waals surface area (Å²) >= 11 is 0. The molecule has 3 N–H and O–H groups in total. The van der Waals surface area contributed by atoms with Gasteiger partial charge in [-0.2, -0.15) is 13.2 Å². The van der Waals surface area contributed by atoms with Crippen molar-refractivity contribution in [1.82, 2.24) is 0 Å². The number of nitrogens with two attached hydrogens (primary N) is 1. The highest BCUT2D eigenvalue weighted by molar-refractivity contribution is 5.81. The smallest absolute Gasteiger partial charge is 0.416 e. The molecule has 0 amide bonds. The van der Waals surface area contributed by atoms with E-state index in [2.05, 4.69) is 0 Å². The second kappa shape index (κ2) is 4.37. The van der Waals surface area contributed by atoms with Crippen LogP contribution >= 0.6 is 0 Å². The van der Waals surface area contributed by atoms with Crippen LogP contribution in [0.25, 0.3) is 0 Å². The van der Waals surface area contributed by atoms with Crippen molar-refractivity contribution in [2.45, 2.75) is 18.5 Å². The fourth-order valence-electron chi connectivity index (χ4n) is 1.37. The number of rotatable bonds is 3. The minimum Gasteiger partial charge on any atom is -0.481 e. The molecule has 0 aliphatic rings. The Morgan fingerprint density at radius 3 is 2.29 bits per heavy atom. The standard InChI is InChI=1S/C11H12F3NO2/c1-10(6-15,9(16)17)7-3-2-4-8(5-7)11(12,13)14/h2-5H,6,15H2,1H3,(H,16,17). The SMILES string of the molecule is CC(CN)(C(=O)O)c1cccc(C(F)(F)F)c1. The van der Waals surface area contributed by atoms with Crippen LogP contribution in [0.15, 0.2) is 24.3 Å². The summed E-state index contributed by atoms with van der Waals surface area (Å²) < 4.78 is 37.4. The molecule has 0 saturated heterocycles. The van der Waals surface area contributed by atoms with E-state index in [1.54, 1.807) is 0 Å². The number of carboxylic acid groups (broad SMARTS) is 1. The molecule has 1 atom stereocenters. The summed E-state index contributed by atoms with van der Waals surface area (Å²) in [6.07, 6.45) is -4.50. The number of carbonyl (C=O) groups is 1. The van der Waals surface area contributed by atoms with Gasteiger partial charge < -0.3 is 10.8 Å². The van der Waals surface area contributed by atoms with E-state index >= 15 is 0 Å². The van der Waals surface area contributed by atoms with Crippen LogP contribution in [0.1, 0.15) is 18.1 Å². The highest BCUT2D eigenvalue weighted by Crippen LogP contribution is 2.32. The molecule has 0 aliphatic carbocycles. The van der Waals surface area contributed by atoms with E-state index in [9.17, 15) is 18.0 Å². The molecule has 0 radical (unpaired) electrons. The number of aliphatic carboxylic acids is 1. The summed E-state index contributed by atoms with van der Waals surface area (Å²) in [5, 5.41) is 9.02. The van der Waals surface area contributed by atoms with E-state index < -0.39 is 23.1 Å². The molecule has 17 heavy (non-hydrogen) atoms. The second-order valence-corrected chi connectivity index (χ2v) is 3.92. The van der Waals surface area contributed by atoms with Gasteiger partial charge in [0.2, 0.25) is 0 Å². The Balaban J connectivity index is 3.28. The third-order valence-corrected chi connectivity index (χ3v) is 2.71. The Hall–Kier alpha value is -1.56. The third-order valence-electron chi connectivity index (χ3n) is 2.71. The van der Waals surface area contributed by atoms with Gasteiger partial charge in [-0.3, -0.25) is 4.79 Å². The van der Waals surface area contributed by atoms with Crippen LogP contribution in [-0.2, 0) is 16.4 Å². The van der Waals surface area contributed by atoms with Crippen molar-refractivity contribution < 1.29 is 23.1 Å². The molecule has 1 rings (SSSR count). The number of halogens is 3. The molecule has 3 nitrogen and oxygen atoms in total. The topological polar surface area (TPSA) is 63.3 Å². The quantitative estimate of drug-likeness (QED) is 0.858. The molecule has 0 spiro atoms. The molecule has 0 saturated carbocycles. The summed E-state index contributed by atoms with van der Waals surface area (Å²) in [7, 11) is 0. The summed E-state index contributed by atoms with van der Waals surface area (Å²) in [5.74, 6) is -1.25. The van der Waals surface area contributed by atoms with Gasteiger partial charge >= 0.3 is 12.1 Å². The van der Waals surface area contributed by atoms with Crippen LogP contribution in [0.5, 0.6) is 0 Å². The van der Waals surface area contributed by atoms with Crippen molar-refractivity contribution in [2.75, 3.05) is 6.54 Å². The molecular weight excluding hydrogens is 235 g/mol. The zero-order valence-corrected chi connectivity index (χ0v) is 9.08. The van der Waals surface area contributed by atoms with Gasteiger partial charge in [0.05, 0.1) is 5.56 Å². The average Bonchev–Trinajstić information content (AvgIpc) is 2.26. The number of alkyl halides is 3. The second-order valence-electron chi connectivity index (χ2n) is 3.92. The summed E-state index contributed by atoms with van der Waals surface area (Å²) in [6, 6.07) is 4.22. The molecule has 0 bridgehead atoms. The first-order chi connectivity index (χ1) is 7.71. The highest BCUT2D eigenvalue weighted by Gasteiger charge is 2.37. The average molecular weight is 247 g/mol. The largest absolute Gasteiger partial charge is 0.481 e. The van der Waals surface area contributed by atoms with Crippen LogP contribution in [0.2, 0.25) is 0 Å². The summed E-state index contributed by atoms with van der Waals surface area (Å²) in [6.45, 7) is 1.02. The fourth-order valence-corrected chi connectivity index (χ4v) is 1.37. The van der Waals surface area contributed by atoms with Gasteiger partial charge in [-0.1, -0.05) is 18.2 Å². The van der Waals surface area contributed by atoms with Crippen molar-refractivity contribution in [3.8, 4) is 0 Å². The van der Waals surface area contributed by atoms with Gasteiger partial charge in [0, 0.05) is 6.54 Å². The molecule has 94 valence electrons. The third kappa shape index (κ3) is 2.58. The monoisotopic (exact) mass is 247 g/mol. The zero-order chi connectivity index (χ0) is 13.3. The molecule has 1 aromatic carbocycles. The number of benzene rings is 1. The van der Waals surface area contributed by atoms with Crippen molar-refractivity contribution in [3.63, 3.8) is 0 Å². The maximum atomic E-state index is 12.5. The van der Waals surface area contributed by atoms with Crippen LogP contribution < -0.4 is 5.73 Å². The van der Waals surface area contributed by atoms with Gasteiger partial charge in [-0.05, 0) is 18.6 Å². The maximum Gasteiger partial charge on any atom is 0.416 e. The van der Waals surface area contributed by atoms with Crippen LogP contribution in [-0.4, -0.2) is 17.6 Å². The lowest BCUT2D eigenvalue weighted by Crippen LogP contribution is -2.40.